The number of fused-ring (bicyclic) bond motifs is 1. The zero-order chi connectivity index (χ0) is 17.8. The van der Waals surface area contributed by atoms with E-state index in [0.29, 0.717) is 11.4 Å². The molecule has 2 saturated heterocycles. The molecule has 23 heavy (non-hydrogen) atoms. The summed E-state index contributed by atoms with van der Waals surface area (Å²) in [5.74, 6) is 0.926. The van der Waals surface area contributed by atoms with Crippen LogP contribution in [0, 0.1) is 0 Å². The molecule has 0 aromatic rings. The van der Waals surface area contributed by atoms with Gasteiger partial charge in [0.2, 0.25) is 18.2 Å². The topological polar surface area (TPSA) is 105 Å². The molecule has 2 fully saturated rings. The van der Waals surface area contributed by atoms with Crippen LogP contribution in [-0.2, 0) is 14.4 Å². The number of rotatable bonds is 3. The van der Waals surface area contributed by atoms with Gasteiger partial charge in [-0.25, -0.2) is 0 Å². The fraction of sp³-hybridized carbons (Fsp3) is 0.800. The number of primary amides is 1. The predicted octanol–water partition coefficient (Wildman–Crippen LogP) is 0.292. The van der Waals surface area contributed by atoms with Gasteiger partial charge in [-0.2, -0.15) is 0 Å². The van der Waals surface area contributed by atoms with Crippen molar-refractivity contribution in [3.63, 3.8) is 0 Å². The minimum atomic E-state index is -0.344. The summed E-state index contributed by atoms with van der Waals surface area (Å²) in [4.78, 5) is 34.6. The molecule has 2 aliphatic rings. The first-order valence-electron chi connectivity index (χ1n) is 8.08. The molecular weight excluding hydrogens is 316 g/mol. The molecule has 0 aliphatic carbocycles. The van der Waals surface area contributed by atoms with Crippen molar-refractivity contribution in [2.24, 2.45) is 5.73 Å². The van der Waals surface area contributed by atoms with Crippen LogP contribution in [0.3, 0.4) is 0 Å². The average Bonchev–Trinajstić information content (AvgIpc) is 2.81. The summed E-state index contributed by atoms with van der Waals surface area (Å²) in [5, 5.41) is 5.96. The van der Waals surface area contributed by atoms with Gasteiger partial charge in [0.1, 0.15) is 6.04 Å². The van der Waals surface area contributed by atoms with Gasteiger partial charge in [0.05, 0.1) is 11.9 Å². The minimum absolute atomic E-state index is 0.0967. The molecule has 0 aromatic heterocycles. The first-order chi connectivity index (χ1) is 11.0. The number of nitrogens with zero attached hydrogens (tertiary/aromatic N) is 1. The van der Waals surface area contributed by atoms with Gasteiger partial charge in [-0.05, 0) is 39.0 Å². The summed E-state index contributed by atoms with van der Waals surface area (Å²) in [5.41, 5.74) is 4.17. The Morgan fingerprint density at radius 3 is 2.57 bits per heavy atom. The lowest BCUT2D eigenvalue weighted by molar-refractivity contribution is -0.137. The summed E-state index contributed by atoms with van der Waals surface area (Å²) >= 11 is 1.84. The normalized spacial score (nSPS) is 25.8. The van der Waals surface area contributed by atoms with E-state index < -0.39 is 0 Å². The summed E-state index contributed by atoms with van der Waals surface area (Å²) in [6.07, 6.45) is 3.13. The van der Waals surface area contributed by atoms with Crippen LogP contribution in [0.1, 0.15) is 40.0 Å². The van der Waals surface area contributed by atoms with E-state index in [0.717, 1.165) is 25.0 Å². The van der Waals surface area contributed by atoms with E-state index in [1.165, 1.54) is 0 Å². The van der Waals surface area contributed by atoms with Gasteiger partial charge < -0.3 is 21.3 Å². The van der Waals surface area contributed by atoms with E-state index in [4.69, 9.17) is 4.79 Å². The van der Waals surface area contributed by atoms with Gasteiger partial charge in [0.15, 0.2) is 0 Å². The van der Waals surface area contributed by atoms with Crippen LogP contribution in [0.4, 0.5) is 0 Å². The lowest BCUT2D eigenvalue weighted by Gasteiger charge is -2.28. The van der Waals surface area contributed by atoms with Crippen molar-refractivity contribution in [1.82, 2.24) is 15.5 Å². The number of likely N-dealkylation sites (N-methyl/N-ethyl adjacent to an activating group) is 1. The monoisotopic (exact) mass is 346 g/mol. The number of hydrogen-bond donors (Lipinski definition) is 3. The molecule has 3 unspecified atom stereocenters. The van der Waals surface area contributed by atoms with E-state index in [1.807, 2.05) is 30.5 Å². The van der Waals surface area contributed by atoms with Crippen LogP contribution in [0.5, 0.6) is 0 Å². The Balaban J connectivity index is 0.000000868. The molecule has 0 aromatic carbocycles. The largest absolute Gasteiger partial charge is 0.372 e. The Bertz CT molecular complexity index is 382. The Labute approximate surface area is 143 Å². The quantitative estimate of drug-likeness (QED) is 0.637. The molecule has 0 radical (unpaired) electrons. The second kappa shape index (κ2) is 12.2. The molecule has 8 heteroatoms. The minimum Gasteiger partial charge on any atom is -0.372 e. The average molecular weight is 346 g/mol. The van der Waals surface area contributed by atoms with Gasteiger partial charge in [-0.3, -0.25) is 14.4 Å². The molecule has 3 amide bonds. The van der Waals surface area contributed by atoms with Crippen molar-refractivity contribution in [3.8, 4) is 0 Å². The lowest BCUT2D eigenvalue weighted by atomic mass is 10.1. The molecule has 0 spiro atoms. The van der Waals surface area contributed by atoms with E-state index in [1.54, 1.807) is 7.05 Å². The van der Waals surface area contributed by atoms with Gasteiger partial charge in [0, 0.05) is 6.04 Å². The SMILES string of the molecule is CC.CNCC(=O)NC1CCSC2CCC(C)N2C1=O.NC=O. The van der Waals surface area contributed by atoms with Crippen LogP contribution in [0.2, 0.25) is 0 Å². The van der Waals surface area contributed by atoms with Crippen LogP contribution < -0.4 is 16.4 Å². The zero-order valence-corrected chi connectivity index (χ0v) is 15.3. The second-order valence-corrected chi connectivity index (χ2v) is 6.36. The van der Waals surface area contributed by atoms with Gasteiger partial charge in [-0.1, -0.05) is 13.8 Å². The molecule has 2 rings (SSSR count). The highest BCUT2D eigenvalue weighted by Crippen LogP contribution is 2.35. The maximum atomic E-state index is 12.5. The van der Waals surface area contributed by atoms with Crippen LogP contribution in [-0.4, -0.2) is 59.9 Å². The van der Waals surface area contributed by atoms with E-state index in [-0.39, 0.29) is 30.8 Å². The first kappa shape index (κ1) is 21.7. The van der Waals surface area contributed by atoms with Gasteiger partial charge in [-0.15, -0.1) is 11.8 Å². The predicted molar refractivity (Wildman–Crippen MR) is 93.9 cm³/mol. The third kappa shape index (κ3) is 6.78. The van der Waals surface area contributed by atoms with Crippen LogP contribution in [0.15, 0.2) is 0 Å². The number of hydrogen-bond acceptors (Lipinski definition) is 5. The fourth-order valence-corrected chi connectivity index (χ4v) is 4.05. The molecule has 7 nitrogen and oxygen atoms in total. The Morgan fingerprint density at radius 1 is 1.39 bits per heavy atom. The molecule has 2 heterocycles. The van der Waals surface area contributed by atoms with Crippen LogP contribution in [0.25, 0.3) is 0 Å². The molecule has 0 saturated carbocycles. The Morgan fingerprint density at radius 2 is 2.00 bits per heavy atom. The van der Waals surface area contributed by atoms with Crippen molar-refractivity contribution in [3.05, 3.63) is 0 Å². The van der Waals surface area contributed by atoms with Crippen molar-refractivity contribution < 1.29 is 14.4 Å². The standard InChI is InChI=1S/C12H21N3O2S.C2H6.CH3NO/c1-8-3-4-11-15(8)12(17)9(5-6-18-11)14-10(16)7-13-2;1-2;2-1-3/h8-9,11,13H,3-7H2,1-2H3,(H,14,16);1-2H3;1H,(H2,2,3). The maximum Gasteiger partial charge on any atom is 0.246 e. The summed E-state index contributed by atoms with van der Waals surface area (Å²) in [6, 6.07) is -0.0410. The van der Waals surface area contributed by atoms with E-state index in [2.05, 4.69) is 23.3 Å². The summed E-state index contributed by atoms with van der Waals surface area (Å²) in [7, 11) is 1.73. The highest BCUT2D eigenvalue weighted by Gasteiger charge is 2.40. The number of thioether (sulfide) groups is 1. The summed E-state index contributed by atoms with van der Waals surface area (Å²) < 4.78 is 0. The molecule has 4 N–H and O–H groups in total. The number of carbonyl (C=O) groups excluding carboxylic acids is 3. The number of nitrogens with two attached hydrogens (primary N) is 1. The van der Waals surface area contributed by atoms with E-state index >= 15 is 0 Å². The summed E-state index contributed by atoms with van der Waals surface area (Å²) in [6.45, 7) is 6.35. The van der Waals surface area contributed by atoms with Crippen molar-refractivity contribution in [1.29, 1.82) is 0 Å². The Kier molecular flexibility index (Phi) is 11.5. The molecule has 3 atom stereocenters. The number of carbonyl (C=O) groups is 3. The van der Waals surface area contributed by atoms with Gasteiger partial charge >= 0.3 is 0 Å². The first-order valence-corrected chi connectivity index (χ1v) is 9.13. The van der Waals surface area contributed by atoms with Crippen molar-refractivity contribution >= 4 is 30.0 Å². The molecule has 2 aliphatic heterocycles. The third-order valence-corrected chi connectivity index (χ3v) is 4.88. The number of amides is 3. The molecule has 0 bridgehead atoms. The van der Waals surface area contributed by atoms with Crippen molar-refractivity contribution in [2.45, 2.75) is 57.5 Å². The zero-order valence-electron chi connectivity index (χ0n) is 14.5. The number of nitrogens with one attached hydrogen (secondary N) is 2. The lowest BCUT2D eigenvalue weighted by Crippen LogP contribution is -2.51. The highest BCUT2D eigenvalue weighted by atomic mass is 32.2. The maximum absolute atomic E-state index is 12.5. The smallest absolute Gasteiger partial charge is 0.246 e. The van der Waals surface area contributed by atoms with Crippen LogP contribution >= 0.6 is 11.8 Å². The van der Waals surface area contributed by atoms with Gasteiger partial charge in [0.25, 0.3) is 0 Å². The fourth-order valence-electron chi connectivity index (χ4n) is 2.63. The highest BCUT2D eigenvalue weighted by molar-refractivity contribution is 7.99. The molecular formula is C15H30N4O3S. The third-order valence-electron chi connectivity index (χ3n) is 3.56. The van der Waals surface area contributed by atoms with E-state index in [9.17, 15) is 9.59 Å². The molecule has 134 valence electrons. The van der Waals surface area contributed by atoms with Crippen molar-refractivity contribution in [2.75, 3.05) is 19.3 Å². The second-order valence-electron chi connectivity index (χ2n) is 5.07. The Hall–Kier alpha value is -1.28.